The largest absolute Gasteiger partial charge is 0.491 e. The lowest BCUT2D eigenvalue weighted by atomic mass is 9.95. The van der Waals surface area contributed by atoms with Crippen LogP contribution in [0.5, 0.6) is 5.75 Å². The van der Waals surface area contributed by atoms with E-state index in [1.165, 1.54) is 11.3 Å². The first-order chi connectivity index (χ1) is 24.6. The molecule has 3 N–H and O–H groups in total. The predicted molar refractivity (Wildman–Crippen MR) is 193 cm³/mol. The van der Waals surface area contributed by atoms with E-state index in [1.807, 2.05) is 42.3 Å². The maximum absolute atomic E-state index is 12.4. The zero-order valence-corrected chi connectivity index (χ0v) is 28.5. The number of aromatic amines is 1. The average Bonchev–Trinajstić information content (AvgIpc) is 3.94. The topological polar surface area (TPSA) is 151 Å². The number of benzene rings is 2. The molecule has 0 amide bonds. The number of aromatic nitrogens is 7. The molecule has 3 aliphatic rings. The molecule has 4 aromatic heterocycles. The van der Waals surface area contributed by atoms with Crippen molar-refractivity contribution < 1.29 is 14.0 Å². The van der Waals surface area contributed by atoms with E-state index in [2.05, 4.69) is 52.7 Å². The van der Waals surface area contributed by atoms with E-state index in [0.29, 0.717) is 52.1 Å². The Morgan fingerprint density at radius 1 is 0.980 bits per heavy atom. The van der Waals surface area contributed by atoms with Crippen molar-refractivity contribution in [3.63, 3.8) is 0 Å². The van der Waals surface area contributed by atoms with Gasteiger partial charge < -0.3 is 30.0 Å². The lowest BCUT2D eigenvalue weighted by Crippen LogP contribution is -2.49. The molecule has 2 fully saturated rings. The monoisotopic (exact) mass is 689 g/mol. The Bertz CT molecular complexity index is 2220. The molecular weight excluding hydrogens is 653 g/mol. The van der Waals surface area contributed by atoms with E-state index in [0.717, 1.165) is 86.6 Å². The normalized spacial score (nSPS) is 17.0. The van der Waals surface area contributed by atoms with Crippen LogP contribution in [-0.2, 0) is 22.8 Å². The SMILES string of the molecule is Cn1cc(-c2cc(Nc3nc(Nc4ccc5nccnc5c4P=O)c4cc[nH]c4n3)c3c(c2N2CCC(N4CCOCC4)CC2)CCO3)cn1. The number of rotatable bonds is 8. The van der Waals surface area contributed by atoms with Gasteiger partial charge in [0, 0.05) is 87.2 Å². The average molecular weight is 690 g/mol. The van der Waals surface area contributed by atoms with Crippen LogP contribution < -0.4 is 25.6 Å². The van der Waals surface area contributed by atoms with Gasteiger partial charge in [0.25, 0.3) is 0 Å². The number of anilines is 5. The number of nitrogens with one attached hydrogen (secondary N) is 3. The molecule has 2 saturated heterocycles. The fraction of sp³-hybridized carbons (Fsp3) is 0.343. The standard InChI is InChI=1S/C35H36N11O3P/c1-44-20-21(19-39-44)25-18-28(31-23(7-15-49-31)30(25)46-11-5-22(6-12-46)45-13-16-48-17-14-45)41-35-42-33-24(4-8-38-33)34(43-35)40-27-3-2-26-29(32(27)50-47)37-10-9-36-26/h2-4,8-10,18-20,22H,5-7,11-17H2,1H3,(H3,38,40,41,42,43). The predicted octanol–water partition coefficient (Wildman–Crippen LogP) is 4.94. The summed E-state index contributed by atoms with van der Waals surface area (Å²) in [6, 6.07) is 8.33. The van der Waals surface area contributed by atoms with Crippen molar-refractivity contribution in [2.24, 2.45) is 7.05 Å². The maximum Gasteiger partial charge on any atom is 0.231 e. The first-order valence-electron chi connectivity index (χ1n) is 17.0. The molecule has 14 nitrogen and oxygen atoms in total. The molecule has 2 aromatic carbocycles. The molecule has 0 spiro atoms. The van der Waals surface area contributed by atoms with E-state index in [4.69, 9.17) is 19.4 Å². The minimum Gasteiger partial charge on any atom is -0.491 e. The number of H-pyrrole nitrogens is 1. The Labute approximate surface area is 289 Å². The summed E-state index contributed by atoms with van der Waals surface area (Å²) in [5, 5.41) is 12.7. The molecule has 0 atom stereocenters. The third-order valence-corrected chi connectivity index (χ3v) is 10.6. The van der Waals surface area contributed by atoms with Crippen molar-refractivity contribution in [1.29, 1.82) is 0 Å². The smallest absolute Gasteiger partial charge is 0.231 e. The van der Waals surface area contributed by atoms with E-state index >= 15 is 0 Å². The number of fused-ring (bicyclic) bond motifs is 3. The minimum atomic E-state index is -0.178. The van der Waals surface area contributed by atoms with Gasteiger partial charge in [-0.2, -0.15) is 15.1 Å². The molecule has 0 saturated carbocycles. The first kappa shape index (κ1) is 30.9. The number of aryl methyl sites for hydroxylation is 1. The van der Waals surface area contributed by atoms with E-state index in [9.17, 15) is 4.57 Å². The van der Waals surface area contributed by atoms with Crippen molar-refractivity contribution in [2.75, 3.05) is 61.5 Å². The summed E-state index contributed by atoms with van der Waals surface area (Å²) in [5.74, 6) is 1.77. The van der Waals surface area contributed by atoms with Crippen LogP contribution in [0.2, 0.25) is 0 Å². The zero-order chi connectivity index (χ0) is 33.6. The first-order valence-corrected chi connectivity index (χ1v) is 17.8. The summed E-state index contributed by atoms with van der Waals surface area (Å²) >= 11 is 0. The van der Waals surface area contributed by atoms with Crippen molar-refractivity contribution in [3.8, 4) is 16.9 Å². The quantitative estimate of drug-likeness (QED) is 0.186. The van der Waals surface area contributed by atoms with Crippen LogP contribution in [0, 0.1) is 0 Å². The van der Waals surface area contributed by atoms with E-state index in [1.54, 1.807) is 12.4 Å². The maximum atomic E-state index is 12.4. The van der Waals surface area contributed by atoms with Gasteiger partial charge in [0.15, 0.2) is 8.46 Å². The summed E-state index contributed by atoms with van der Waals surface area (Å²) in [4.78, 5) is 26.9. The van der Waals surface area contributed by atoms with Crippen molar-refractivity contribution in [3.05, 3.63) is 60.8 Å². The summed E-state index contributed by atoms with van der Waals surface area (Å²) < 4.78 is 26.2. The number of hydrogen-bond acceptors (Lipinski definition) is 12. The van der Waals surface area contributed by atoms with Gasteiger partial charge in [0.05, 0.1) is 59.3 Å². The molecule has 0 radical (unpaired) electrons. The van der Waals surface area contributed by atoms with Crippen LogP contribution in [-0.4, -0.2) is 91.6 Å². The lowest BCUT2D eigenvalue weighted by molar-refractivity contribution is 0.0115. The van der Waals surface area contributed by atoms with Crippen molar-refractivity contribution in [2.45, 2.75) is 25.3 Å². The van der Waals surface area contributed by atoms with Crippen LogP contribution in [0.25, 0.3) is 33.2 Å². The molecule has 15 heteroatoms. The Morgan fingerprint density at radius 2 is 1.84 bits per heavy atom. The molecule has 9 rings (SSSR count). The Kier molecular flexibility index (Phi) is 7.98. The third kappa shape index (κ3) is 5.59. The fourth-order valence-electron chi connectivity index (χ4n) is 7.55. The third-order valence-electron chi connectivity index (χ3n) is 9.93. The molecule has 254 valence electrons. The number of piperidine rings is 1. The van der Waals surface area contributed by atoms with E-state index < -0.39 is 0 Å². The zero-order valence-electron chi connectivity index (χ0n) is 27.6. The molecule has 0 aliphatic carbocycles. The summed E-state index contributed by atoms with van der Waals surface area (Å²) in [5.41, 5.74) is 7.85. The summed E-state index contributed by atoms with van der Waals surface area (Å²) in [6.45, 7) is 6.22. The Hall–Kier alpha value is -5.17. The number of hydrogen-bond donors (Lipinski definition) is 3. The molecule has 7 heterocycles. The molecule has 50 heavy (non-hydrogen) atoms. The molecule has 3 aliphatic heterocycles. The molecule has 0 unspecified atom stereocenters. The Morgan fingerprint density at radius 3 is 2.66 bits per heavy atom. The molecule has 0 bridgehead atoms. The van der Waals surface area contributed by atoms with Crippen LogP contribution in [0.15, 0.2) is 55.2 Å². The second kappa shape index (κ2) is 12.9. The highest BCUT2D eigenvalue weighted by Gasteiger charge is 2.32. The highest BCUT2D eigenvalue weighted by molar-refractivity contribution is 7.35. The van der Waals surface area contributed by atoms with Crippen LogP contribution in [0.3, 0.4) is 0 Å². The van der Waals surface area contributed by atoms with Gasteiger partial charge in [-0.15, -0.1) is 0 Å². The van der Waals surface area contributed by atoms with Gasteiger partial charge in [0.1, 0.15) is 22.7 Å². The molecule has 6 aromatic rings. The van der Waals surface area contributed by atoms with E-state index in [-0.39, 0.29) is 8.46 Å². The van der Waals surface area contributed by atoms with Crippen LogP contribution >= 0.6 is 8.46 Å². The number of morpholine rings is 1. The molecular formula is C35H36N11O3P. The van der Waals surface area contributed by atoms with Gasteiger partial charge in [-0.3, -0.25) is 24.1 Å². The van der Waals surface area contributed by atoms with Crippen molar-refractivity contribution >= 4 is 64.7 Å². The van der Waals surface area contributed by atoms with Crippen molar-refractivity contribution in [1.82, 2.24) is 39.6 Å². The second-order valence-corrected chi connectivity index (χ2v) is 13.5. The summed E-state index contributed by atoms with van der Waals surface area (Å²) in [7, 11) is 1.77. The van der Waals surface area contributed by atoms with Gasteiger partial charge in [-0.25, -0.2) is 0 Å². The van der Waals surface area contributed by atoms with Crippen LogP contribution in [0.4, 0.5) is 28.8 Å². The number of nitrogens with zero attached hydrogens (tertiary/aromatic N) is 8. The van der Waals surface area contributed by atoms with Crippen LogP contribution in [0.1, 0.15) is 18.4 Å². The highest BCUT2D eigenvalue weighted by atomic mass is 31.1. The Balaban J connectivity index is 1.08. The highest BCUT2D eigenvalue weighted by Crippen LogP contribution is 2.48. The van der Waals surface area contributed by atoms with Gasteiger partial charge in [-0.1, -0.05) is 0 Å². The summed E-state index contributed by atoms with van der Waals surface area (Å²) in [6.07, 6.45) is 12.1. The van der Waals surface area contributed by atoms with Gasteiger partial charge in [-0.05, 0) is 37.1 Å². The lowest BCUT2D eigenvalue weighted by Gasteiger charge is -2.41. The van der Waals surface area contributed by atoms with Gasteiger partial charge >= 0.3 is 0 Å². The van der Waals surface area contributed by atoms with Gasteiger partial charge in [0.2, 0.25) is 5.95 Å². The number of ether oxygens (including phenoxy) is 2. The fourth-order valence-corrected chi connectivity index (χ4v) is 8.04. The minimum absolute atomic E-state index is 0.178. The second-order valence-electron chi connectivity index (χ2n) is 12.9.